The number of halogens is 1. The fraction of sp³-hybridized carbons (Fsp3) is 0.462. The number of benzene rings is 1. The van der Waals surface area contributed by atoms with Gasteiger partial charge in [0, 0.05) is 0 Å². The van der Waals surface area contributed by atoms with Crippen molar-refractivity contribution >= 4 is 17.6 Å². The molecule has 1 heterocycles. The van der Waals surface area contributed by atoms with Crippen LogP contribution < -0.4 is 4.74 Å². The van der Waals surface area contributed by atoms with Crippen LogP contribution in [-0.2, 0) is 26.3 Å². The van der Waals surface area contributed by atoms with Crippen LogP contribution in [0, 0.1) is 0 Å². The van der Waals surface area contributed by atoms with E-state index in [1.165, 1.54) is 7.11 Å². The van der Waals surface area contributed by atoms with Gasteiger partial charge in [-0.25, -0.2) is 4.79 Å². The van der Waals surface area contributed by atoms with Crippen LogP contribution in [0.3, 0.4) is 0 Å². The Bertz CT molecular complexity index is 530. The molecule has 2 unspecified atom stereocenters. The zero-order chi connectivity index (χ0) is 13.0. The van der Waals surface area contributed by atoms with Gasteiger partial charge in [-0.1, -0.05) is 17.7 Å². The van der Waals surface area contributed by atoms with Crippen molar-refractivity contribution in [3.8, 4) is 5.75 Å². The van der Waals surface area contributed by atoms with Crippen LogP contribution in [0.15, 0.2) is 18.2 Å². The molecule has 0 bridgehead atoms. The summed E-state index contributed by atoms with van der Waals surface area (Å²) >= 11 is 6.24. The summed E-state index contributed by atoms with van der Waals surface area (Å²) in [5.74, 6) is 0.189. The van der Waals surface area contributed by atoms with Crippen molar-refractivity contribution in [2.45, 2.75) is 23.5 Å². The maximum absolute atomic E-state index is 11.7. The van der Waals surface area contributed by atoms with Gasteiger partial charge in [0.25, 0.3) is 5.06 Å². The van der Waals surface area contributed by atoms with Crippen molar-refractivity contribution < 1.29 is 19.0 Å². The average molecular weight is 269 g/mol. The van der Waals surface area contributed by atoms with E-state index >= 15 is 0 Å². The molecule has 0 radical (unpaired) electrons. The first-order chi connectivity index (χ1) is 8.57. The number of carbonyl (C=O) groups excluding carboxylic acids is 1. The van der Waals surface area contributed by atoms with Gasteiger partial charge in [0.05, 0.1) is 14.2 Å². The highest BCUT2D eigenvalue weighted by Crippen LogP contribution is 2.65. The molecule has 1 saturated heterocycles. The van der Waals surface area contributed by atoms with Gasteiger partial charge in [0.1, 0.15) is 5.75 Å². The van der Waals surface area contributed by atoms with Crippen LogP contribution in [0.5, 0.6) is 5.75 Å². The van der Waals surface area contributed by atoms with E-state index in [9.17, 15) is 4.79 Å². The third-order valence-electron chi connectivity index (χ3n) is 3.74. The van der Waals surface area contributed by atoms with Gasteiger partial charge >= 0.3 is 5.97 Å². The van der Waals surface area contributed by atoms with Gasteiger partial charge in [0.2, 0.25) is 0 Å². The standard InChI is InChI=1S/C13H13ClO4/c1-16-9-4-3-8-5-6-12(10(8)7-9)13(14,18-12)11(15)17-2/h3-4,7H,5-6H2,1-2H3. The number of epoxide rings is 1. The molecule has 5 heteroatoms. The first-order valence-electron chi connectivity index (χ1n) is 5.72. The van der Waals surface area contributed by atoms with E-state index in [0.717, 1.165) is 23.3 Å². The van der Waals surface area contributed by atoms with Crippen LogP contribution in [0.4, 0.5) is 0 Å². The number of ether oxygens (including phenoxy) is 3. The normalized spacial score (nSPS) is 32.2. The van der Waals surface area contributed by atoms with Crippen molar-refractivity contribution in [2.75, 3.05) is 14.2 Å². The summed E-state index contributed by atoms with van der Waals surface area (Å²) < 4.78 is 15.5. The van der Waals surface area contributed by atoms with Crippen LogP contribution >= 0.6 is 11.6 Å². The maximum atomic E-state index is 11.7. The fourth-order valence-electron chi connectivity index (χ4n) is 2.71. The molecule has 1 spiro atoms. The van der Waals surface area contributed by atoms with Gasteiger partial charge in [-0.3, -0.25) is 0 Å². The monoisotopic (exact) mass is 268 g/mol. The van der Waals surface area contributed by atoms with Gasteiger partial charge < -0.3 is 14.2 Å². The molecule has 0 saturated carbocycles. The zero-order valence-electron chi connectivity index (χ0n) is 10.2. The Morgan fingerprint density at radius 1 is 1.44 bits per heavy atom. The van der Waals surface area contributed by atoms with Crippen LogP contribution in [0.1, 0.15) is 17.5 Å². The molecule has 0 N–H and O–H groups in total. The van der Waals surface area contributed by atoms with Crippen molar-refractivity contribution in [3.63, 3.8) is 0 Å². The lowest BCUT2D eigenvalue weighted by Crippen LogP contribution is -2.27. The van der Waals surface area contributed by atoms with Crippen LogP contribution in [0.25, 0.3) is 0 Å². The van der Waals surface area contributed by atoms with Gasteiger partial charge in [-0.05, 0) is 36.1 Å². The second-order valence-electron chi connectivity index (χ2n) is 4.54. The summed E-state index contributed by atoms with van der Waals surface area (Å²) in [6.45, 7) is 0. The Morgan fingerprint density at radius 2 is 2.22 bits per heavy atom. The molecule has 2 aliphatic rings. The third-order valence-corrected chi connectivity index (χ3v) is 4.28. The molecule has 1 aromatic carbocycles. The highest BCUT2D eigenvalue weighted by Gasteiger charge is 2.77. The Kier molecular flexibility index (Phi) is 2.37. The Hall–Kier alpha value is -1.26. The minimum Gasteiger partial charge on any atom is -0.497 e. The third kappa shape index (κ3) is 1.27. The summed E-state index contributed by atoms with van der Waals surface area (Å²) in [7, 11) is 2.91. The summed E-state index contributed by atoms with van der Waals surface area (Å²) in [4.78, 5) is 11.7. The molecule has 1 aliphatic carbocycles. The van der Waals surface area contributed by atoms with Crippen molar-refractivity contribution in [3.05, 3.63) is 29.3 Å². The van der Waals surface area contributed by atoms with E-state index in [-0.39, 0.29) is 0 Å². The molecule has 1 fully saturated rings. The number of fused-ring (bicyclic) bond motifs is 2. The smallest absolute Gasteiger partial charge is 0.357 e. The van der Waals surface area contributed by atoms with E-state index in [2.05, 4.69) is 0 Å². The lowest BCUT2D eigenvalue weighted by Gasteiger charge is -2.10. The Morgan fingerprint density at radius 3 is 2.89 bits per heavy atom. The first-order valence-corrected chi connectivity index (χ1v) is 6.10. The molecule has 3 rings (SSSR count). The van der Waals surface area contributed by atoms with E-state index in [0.29, 0.717) is 6.42 Å². The largest absolute Gasteiger partial charge is 0.497 e. The molecule has 1 aromatic rings. The second kappa shape index (κ2) is 3.62. The molecule has 96 valence electrons. The molecule has 4 nitrogen and oxygen atoms in total. The summed E-state index contributed by atoms with van der Waals surface area (Å²) in [5, 5.41) is -1.38. The maximum Gasteiger partial charge on any atom is 0.357 e. The lowest BCUT2D eigenvalue weighted by atomic mass is 9.96. The quantitative estimate of drug-likeness (QED) is 0.467. The predicted octanol–water partition coefficient (Wildman–Crippen LogP) is 1.97. The molecular weight excluding hydrogens is 256 g/mol. The van der Waals surface area contributed by atoms with E-state index < -0.39 is 16.6 Å². The van der Waals surface area contributed by atoms with Crippen molar-refractivity contribution in [1.29, 1.82) is 0 Å². The number of alkyl halides is 1. The molecule has 0 aromatic heterocycles. The highest BCUT2D eigenvalue weighted by molar-refractivity contribution is 6.36. The van der Waals surface area contributed by atoms with Gasteiger partial charge in [-0.15, -0.1) is 0 Å². The minimum atomic E-state index is -1.38. The summed E-state index contributed by atoms with van der Waals surface area (Å²) in [6.07, 6.45) is 1.53. The van der Waals surface area contributed by atoms with Crippen molar-refractivity contribution in [2.24, 2.45) is 0 Å². The van der Waals surface area contributed by atoms with Crippen molar-refractivity contribution in [1.82, 2.24) is 0 Å². The number of hydrogen-bond donors (Lipinski definition) is 0. The summed E-state index contributed by atoms with van der Waals surface area (Å²) in [5.41, 5.74) is 1.33. The topological polar surface area (TPSA) is 48.1 Å². The number of methoxy groups -OCH3 is 2. The molecule has 1 aliphatic heterocycles. The molecular formula is C13H13ClO4. The van der Waals surface area contributed by atoms with E-state index in [4.69, 9.17) is 25.8 Å². The minimum absolute atomic E-state index is 0.542. The van der Waals surface area contributed by atoms with Crippen LogP contribution in [0.2, 0.25) is 0 Å². The van der Waals surface area contributed by atoms with Crippen LogP contribution in [-0.4, -0.2) is 25.2 Å². The predicted molar refractivity (Wildman–Crippen MR) is 64.7 cm³/mol. The number of aryl methyl sites for hydroxylation is 1. The zero-order valence-corrected chi connectivity index (χ0v) is 10.9. The second-order valence-corrected chi connectivity index (χ2v) is 5.07. The first kappa shape index (κ1) is 11.8. The molecule has 2 atom stereocenters. The number of carbonyl (C=O) groups is 1. The van der Waals surface area contributed by atoms with Gasteiger partial charge in [-0.2, -0.15) is 0 Å². The van der Waals surface area contributed by atoms with E-state index in [1.807, 2.05) is 18.2 Å². The summed E-state index contributed by atoms with van der Waals surface area (Å²) in [6, 6.07) is 5.77. The SMILES string of the molecule is COC(=O)C1(Cl)OC12CCc1ccc(OC)cc12. The number of rotatable bonds is 2. The Labute approximate surface area is 110 Å². The Balaban J connectivity index is 2.04. The number of hydrogen-bond acceptors (Lipinski definition) is 4. The average Bonchev–Trinajstić information content (AvgIpc) is 2.85. The van der Waals surface area contributed by atoms with E-state index in [1.54, 1.807) is 7.11 Å². The lowest BCUT2D eigenvalue weighted by molar-refractivity contribution is -0.143. The fourth-order valence-corrected chi connectivity index (χ4v) is 3.12. The number of esters is 1. The molecule has 18 heavy (non-hydrogen) atoms. The molecule has 0 amide bonds. The van der Waals surface area contributed by atoms with Gasteiger partial charge in [0.15, 0.2) is 5.60 Å². The highest BCUT2D eigenvalue weighted by atomic mass is 35.5.